The number of benzene rings is 2. The Bertz CT molecular complexity index is 753. The molecule has 1 aliphatic rings. The molecule has 1 saturated carbocycles. The summed E-state index contributed by atoms with van der Waals surface area (Å²) in [6.07, 6.45) is 4.16. The summed E-state index contributed by atoms with van der Waals surface area (Å²) in [6.45, 7) is 2.74. The van der Waals surface area contributed by atoms with Crippen molar-refractivity contribution < 1.29 is 19.0 Å². The van der Waals surface area contributed by atoms with E-state index in [1.807, 2.05) is 31.2 Å². The lowest BCUT2D eigenvalue weighted by atomic mass is 10.2. The van der Waals surface area contributed by atoms with Crippen LogP contribution in [0.2, 0.25) is 0 Å². The molecule has 0 spiro atoms. The second-order valence-electron chi connectivity index (χ2n) is 6.58. The lowest BCUT2D eigenvalue weighted by Gasteiger charge is -2.14. The summed E-state index contributed by atoms with van der Waals surface area (Å²) in [6, 6.07) is 12.8. The van der Waals surface area contributed by atoms with Gasteiger partial charge in [0.05, 0.1) is 11.3 Å². The van der Waals surface area contributed by atoms with Crippen LogP contribution in [0.25, 0.3) is 0 Å². The Morgan fingerprint density at radius 1 is 1.08 bits per heavy atom. The second kappa shape index (κ2) is 8.61. The Hall–Kier alpha value is -2.69. The van der Waals surface area contributed by atoms with E-state index in [1.54, 1.807) is 18.2 Å². The van der Waals surface area contributed by atoms with Crippen LogP contribution in [-0.4, -0.2) is 25.3 Å². The molecule has 0 radical (unpaired) electrons. The number of ether oxygens (including phenoxy) is 3. The van der Waals surface area contributed by atoms with Gasteiger partial charge in [0.2, 0.25) is 0 Å². The predicted molar refractivity (Wildman–Crippen MR) is 101 cm³/mol. The van der Waals surface area contributed by atoms with Gasteiger partial charge in [0.25, 0.3) is 0 Å². The van der Waals surface area contributed by atoms with Gasteiger partial charge < -0.3 is 19.9 Å². The van der Waals surface area contributed by atoms with Crippen LogP contribution in [0.1, 0.15) is 41.6 Å². The van der Waals surface area contributed by atoms with E-state index in [0.717, 1.165) is 37.0 Å². The summed E-state index contributed by atoms with van der Waals surface area (Å²) in [5.74, 6) is 0.951. The zero-order valence-electron chi connectivity index (χ0n) is 15.1. The number of carbonyl (C=O) groups excluding carboxylic acids is 1. The van der Waals surface area contributed by atoms with Crippen molar-refractivity contribution in [2.75, 3.05) is 18.9 Å². The van der Waals surface area contributed by atoms with Crippen LogP contribution < -0.4 is 15.2 Å². The monoisotopic (exact) mass is 355 g/mol. The van der Waals surface area contributed by atoms with Crippen LogP contribution in [0.15, 0.2) is 42.5 Å². The molecule has 0 unspecified atom stereocenters. The third-order valence-electron chi connectivity index (χ3n) is 4.42. The van der Waals surface area contributed by atoms with Crippen molar-refractivity contribution in [1.29, 1.82) is 0 Å². The topological polar surface area (TPSA) is 70.8 Å². The summed E-state index contributed by atoms with van der Waals surface area (Å²) in [4.78, 5) is 12.3. The molecule has 1 aliphatic carbocycles. The Morgan fingerprint density at radius 2 is 1.85 bits per heavy atom. The van der Waals surface area contributed by atoms with Gasteiger partial charge in [0.15, 0.2) is 0 Å². The van der Waals surface area contributed by atoms with E-state index in [9.17, 15) is 4.79 Å². The van der Waals surface area contributed by atoms with Gasteiger partial charge in [-0.1, -0.05) is 12.1 Å². The summed E-state index contributed by atoms with van der Waals surface area (Å²) in [7, 11) is 0. The summed E-state index contributed by atoms with van der Waals surface area (Å²) >= 11 is 0. The standard InChI is InChI=1S/C21H25NO4/c1-15-5-4-8-18(13-15)24-11-12-25-20-14-16(9-10-19(20)22)21(23)26-17-6-2-3-7-17/h4-5,8-10,13-14,17H,2-3,6-7,11-12,22H2,1H3. The van der Waals surface area contributed by atoms with Crippen molar-refractivity contribution in [3.8, 4) is 11.5 Å². The number of carbonyl (C=O) groups is 1. The highest BCUT2D eigenvalue weighted by Gasteiger charge is 2.20. The maximum absolute atomic E-state index is 12.3. The number of nitrogens with two attached hydrogens (primary N) is 1. The predicted octanol–water partition coefficient (Wildman–Crippen LogP) is 4.13. The minimum absolute atomic E-state index is 0.0344. The van der Waals surface area contributed by atoms with E-state index in [0.29, 0.717) is 30.2 Å². The first kappa shape index (κ1) is 18.1. The second-order valence-corrected chi connectivity index (χ2v) is 6.58. The molecule has 0 saturated heterocycles. The van der Waals surface area contributed by atoms with Gasteiger partial charge in [0.1, 0.15) is 30.8 Å². The lowest BCUT2D eigenvalue weighted by Crippen LogP contribution is -2.15. The fourth-order valence-corrected chi connectivity index (χ4v) is 3.03. The third-order valence-corrected chi connectivity index (χ3v) is 4.42. The fourth-order valence-electron chi connectivity index (χ4n) is 3.03. The largest absolute Gasteiger partial charge is 0.490 e. The van der Waals surface area contributed by atoms with E-state index in [4.69, 9.17) is 19.9 Å². The first-order valence-corrected chi connectivity index (χ1v) is 9.04. The molecular formula is C21H25NO4. The van der Waals surface area contributed by atoms with Crippen LogP contribution in [0.4, 0.5) is 5.69 Å². The highest BCUT2D eigenvalue weighted by Crippen LogP contribution is 2.26. The maximum atomic E-state index is 12.3. The van der Waals surface area contributed by atoms with Crippen LogP contribution in [0.3, 0.4) is 0 Å². The molecule has 0 aromatic heterocycles. The molecule has 26 heavy (non-hydrogen) atoms. The molecule has 5 nitrogen and oxygen atoms in total. The number of hydrogen-bond acceptors (Lipinski definition) is 5. The van der Waals surface area contributed by atoms with Crippen molar-refractivity contribution in [1.82, 2.24) is 0 Å². The Balaban J connectivity index is 1.53. The molecule has 2 aromatic rings. The average molecular weight is 355 g/mol. The summed E-state index contributed by atoms with van der Waals surface area (Å²) in [5.41, 5.74) is 8.03. The SMILES string of the molecule is Cc1cccc(OCCOc2cc(C(=O)OC3CCCC3)ccc2N)c1. The zero-order valence-corrected chi connectivity index (χ0v) is 15.1. The zero-order chi connectivity index (χ0) is 18.4. The number of anilines is 1. The first-order valence-electron chi connectivity index (χ1n) is 9.04. The van der Waals surface area contributed by atoms with Gasteiger partial charge in [-0.3, -0.25) is 0 Å². The molecule has 0 aliphatic heterocycles. The number of aryl methyl sites for hydroxylation is 1. The van der Waals surface area contributed by atoms with Gasteiger partial charge in [-0.15, -0.1) is 0 Å². The average Bonchev–Trinajstić information content (AvgIpc) is 3.13. The van der Waals surface area contributed by atoms with Gasteiger partial charge in [-0.05, 0) is 68.5 Å². The van der Waals surface area contributed by atoms with E-state index in [1.165, 1.54) is 0 Å². The third kappa shape index (κ3) is 4.91. The van der Waals surface area contributed by atoms with Crippen molar-refractivity contribution in [3.05, 3.63) is 53.6 Å². The maximum Gasteiger partial charge on any atom is 0.338 e. The van der Waals surface area contributed by atoms with Gasteiger partial charge in [0, 0.05) is 0 Å². The summed E-state index contributed by atoms with van der Waals surface area (Å²) < 4.78 is 16.9. The highest BCUT2D eigenvalue weighted by molar-refractivity contribution is 5.90. The molecule has 2 aromatic carbocycles. The fraction of sp³-hybridized carbons (Fsp3) is 0.381. The molecule has 5 heteroatoms. The van der Waals surface area contributed by atoms with E-state index in [-0.39, 0.29) is 12.1 Å². The van der Waals surface area contributed by atoms with Crippen molar-refractivity contribution in [2.24, 2.45) is 0 Å². The van der Waals surface area contributed by atoms with Crippen LogP contribution >= 0.6 is 0 Å². The minimum Gasteiger partial charge on any atom is -0.490 e. The Morgan fingerprint density at radius 3 is 2.62 bits per heavy atom. The molecule has 138 valence electrons. The number of nitrogen functional groups attached to an aromatic ring is 1. The smallest absolute Gasteiger partial charge is 0.338 e. The van der Waals surface area contributed by atoms with E-state index >= 15 is 0 Å². The minimum atomic E-state index is -0.322. The van der Waals surface area contributed by atoms with Crippen molar-refractivity contribution in [3.63, 3.8) is 0 Å². The molecule has 0 heterocycles. The number of rotatable bonds is 7. The molecule has 2 N–H and O–H groups in total. The van der Waals surface area contributed by atoms with E-state index < -0.39 is 0 Å². The van der Waals surface area contributed by atoms with Crippen molar-refractivity contribution in [2.45, 2.75) is 38.7 Å². The molecule has 0 bridgehead atoms. The molecule has 0 atom stereocenters. The van der Waals surface area contributed by atoms with Gasteiger partial charge >= 0.3 is 5.97 Å². The molecule has 1 fully saturated rings. The molecule has 0 amide bonds. The highest BCUT2D eigenvalue weighted by atomic mass is 16.5. The van der Waals surface area contributed by atoms with Crippen molar-refractivity contribution >= 4 is 11.7 Å². The number of hydrogen-bond donors (Lipinski definition) is 1. The molecular weight excluding hydrogens is 330 g/mol. The Kier molecular flexibility index (Phi) is 6.00. The molecule has 3 rings (SSSR count). The quantitative estimate of drug-likeness (QED) is 0.459. The van der Waals surface area contributed by atoms with E-state index in [2.05, 4.69) is 0 Å². The van der Waals surface area contributed by atoms with Crippen LogP contribution in [0, 0.1) is 6.92 Å². The van der Waals surface area contributed by atoms with Crippen LogP contribution in [-0.2, 0) is 4.74 Å². The Labute approximate surface area is 154 Å². The van der Waals surface area contributed by atoms with Gasteiger partial charge in [-0.25, -0.2) is 4.79 Å². The first-order chi connectivity index (χ1) is 12.6. The van der Waals surface area contributed by atoms with Gasteiger partial charge in [-0.2, -0.15) is 0 Å². The summed E-state index contributed by atoms with van der Waals surface area (Å²) in [5, 5.41) is 0. The normalized spacial score (nSPS) is 14.2. The lowest BCUT2D eigenvalue weighted by molar-refractivity contribution is 0.0317. The van der Waals surface area contributed by atoms with Crippen LogP contribution in [0.5, 0.6) is 11.5 Å². The number of esters is 1.